The lowest BCUT2D eigenvalue weighted by atomic mass is 10.1. The molecule has 1 aromatic heterocycles. The van der Waals surface area contributed by atoms with Gasteiger partial charge >= 0.3 is 0 Å². The van der Waals surface area contributed by atoms with Crippen LogP contribution in [0.25, 0.3) is 11.3 Å². The van der Waals surface area contributed by atoms with Crippen molar-refractivity contribution in [2.75, 3.05) is 0 Å². The maximum absolute atomic E-state index is 12.1. The molecule has 3 nitrogen and oxygen atoms in total. The van der Waals surface area contributed by atoms with Gasteiger partial charge in [-0.25, -0.2) is 0 Å². The van der Waals surface area contributed by atoms with Gasteiger partial charge in [0, 0.05) is 12.6 Å². The van der Waals surface area contributed by atoms with E-state index in [4.69, 9.17) is 16.3 Å². The van der Waals surface area contributed by atoms with Crippen LogP contribution in [0.1, 0.15) is 19.4 Å². The lowest BCUT2D eigenvalue weighted by Gasteiger charge is -2.12. The molecule has 1 aromatic carbocycles. The molecule has 0 radical (unpaired) electrons. The van der Waals surface area contributed by atoms with Crippen LogP contribution in [0.5, 0.6) is 5.75 Å². The third-order valence-electron chi connectivity index (χ3n) is 3.05. The maximum atomic E-state index is 12.1. The molecule has 20 heavy (non-hydrogen) atoms. The minimum absolute atomic E-state index is 0.0555. The van der Waals surface area contributed by atoms with Gasteiger partial charge < -0.3 is 9.30 Å². The number of hydrogen-bond acceptors (Lipinski definition) is 2. The fourth-order valence-electron chi connectivity index (χ4n) is 2.06. The fourth-order valence-corrected chi connectivity index (χ4v) is 2.26. The molecule has 0 aliphatic carbocycles. The minimum Gasteiger partial charge on any atom is -0.491 e. The van der Waals surface area contributed by atoms with Crippen LogP contribution in [0.15, 0.2) is 41.2 Å². The first-order valence-electron chi connectivity index (χ1n) is 6.55. The Kier molecular flexibility index (Phi) is 4.50. The highest BCUT2D eigenvalue weighted by Crippen LogP contribution is 2.22. The molecule has 0 bridgehead atoms. The number of rotatable bonds is 4. The summed E-state index contributed by atoms with van der Waals surface area (Å²) in [6.45, 7) is 3.98. The second-order valence-corrected chi connectivity index (χ2v) is 5.20. The molecule has 2 rings (SSSR count). The molecule has 0 unspecified atom stereocenters. The number of pyridine rings is 1. The molecule has 0 fully saturated rings. The predicted octanol–water partition coefficient (Wildman–Crippen LogP) is 3.58. The topological polar surface area (TPSA) is 31.2 Å². The minimum atomic E-state index is -0.0555. The molecule has 2 aromatic rings. The quantitative estimate of drug-likeness (QED) is 0.806. The van der Waals surface area contributed by atoms with Crippen LogP contribution in [0.4, 0.5) is 0 Å². The zero-order valence-corrected chi connectivity index (χ0v) is 12.6. The number of aromatic nitrogens is 1. The first kappa shape index (κ1) is 14.7. The Balaban J connectivity index is 2.37. The molecule has 4 heteroatoms. The highest BCUT2D eigenvalue weighted by molar-refractivity contribution is 6.17. The molecule has 0 amide bonds. The first-order chi connectivity index (χ1) is 9.52. The number of ether oxygens (including phenoxy) is 1. The summed E-state index contributed by atoms with van der Waals surface area (Å²) in [5, 5.41) is 0. The zero-order chi connectivity index (χ0) is 14.7. The monoisotopic (exact) mass is 291 g/mol. The second kappa shape index (κ2) is 6.14. The van der Waals surface area contributed by atoms with E-state index in [0.717, 1.165) is 17.0 Å². The van der Waals surface area contributed by atoms with E-state index in [2.05, 4.69) is 0 Å². The largest absolute Gasteiger partial charge is 0.491 e. The number of benzene rings is 1. The van der Waals surface area contributed by atoms with Crippen LogP contribution in [-0.4, -0.2) is 10.7 Å². The first-order valence-corrected chi connectivity index (χ1v) is 7.08. The molecule has 1 heterocycles. The Morgan fingerprint density at radius 1 is 1.15 bits per heavy atom. The van der Waals surface area contributed by atoms with E-state index >= 15 is 0 Å². The van der Waals surface area contributed by atoms with Crippen molar-refractivity contribution in [1.82, 2.24) is 4.57 Å². The third kappa shape index (κ3) is 3.05. The average Bonchev–Trinajstić information content (AvgIpc) is 2.42. The normalized spacial score (nSPS) is 10.8. The predicted molar refractivity (Wildman–Crippen MR) is 82.4 cm³/mol. The maximum Gasteiger partial charge on any atom is 0.255 e. The number of alkyl halides is 1. The van der Waals surface area contributed by atoms with Crippen molar-refractivity contribution in [3.8, 4) is 17.0 Å². The Morgan fingerprint density at radius 3 is 2.35 bits per heavy atom. The van der Waals surface area contributed by atoms with E-state index in [-0.39, 0.29) is 17.5 Å². The Morgan fingerprint density at radius 2 is 1.80 bits per heavy atom. The van der Waals surface area contributed by atoms with Gasteiger partial charge in [0.2, 0.25) is 0 Å². The van der Waals surface area contributed by atoms with E-state index in [1.165, 1.54) is 0 Å². The molecule has 0 N–H and O–H groups in total. The van der Waals surface area contributed by atoms with Gasteiger partial charge in [-0.2, -0.15) is 0 Å². The van der Waals surface area contributed by atoms with Gasteiger partial charge in [0.15, 0.2) is 0 Å². The molecule has 0 aliphatic rings. The third-order valence-corrected chi connectivity index (χ3v) is 3.34. The molecular formula is C16H18ClNO2. The molecule has 0 aliphatic heterocycles. The lowest BCUT2D eigenvalue weighted by molar-refractivity contribution is 0.242. The Bertz CT molecular complexity index is 645. The van der Waals surface area contributed by atoms with Crippen molar-refractivity contribution in [3.05, 3.63) is 52.3 Å². The summed E-state index contributed by atoms with van der Waals surface area (Å²) >= 11 is 5.74. The fraction of sp³-hybridized carbons (Fsp3) is 0.312. The number of nitrogens with zero attached hydrogens (tertiary/aromatic N) is 1. The lowest BCUT2D eigenvalue weighted by Crippen LogP contribution is -2.21. The summed E-state index contributed by atoms with van der Waals surface area (Å²) < 4.78 is 7.23. The summed E-state index contributed by atoms with van der Waals surface area (Å²) in [5.41, 5.74) is 2.39. The van der Waals surface area contributed by atoms with Crippen LogP contribution in [0.2, 0.25) is 0 Å². The summed E-state index contributed by atoms with van der Waals surface area (Å²) in [5.74, 6) is 1.06. The van der Waals surface area contributed by atoms with E-state index in [1.807, 2.05) is 44.2 Å². The van der Waals surface area contributed by atoms with E-state index < -0.39 is 0 Å². The van der Waals surface area contributed by atoms with Gasteiger partial charge in [0.1, 0.15) is 5.75 Å². The molecule has 0 spiro atoms. The molecule has 0 atom stereocenters. The zero-order valence-electron chi connectivity index (χ0n) is 11.9. The van der Waals surface area contributed by atoms with Crippen molar-refractivity contribution in [2.45, 2.75) is 25.8 Å². The van der Waals surface area contributed by atoms with Gasteiger partial charge in [-0.15, -0.1) is 11.6 Å². The highest BCUT2D eigenvalue weighted by Gasteiger charge is 2.07. The summed E-state index contributed by atoms with van der Waals surface area (Å²) in [6.07, 6.45) is 0.146. The smallest absolute Gasteiger partial charge is 0.255 e. The van der Waals surface area contributed by atoms with Crippen molar-refractivity contribution >= 4 is 11.6 Å². The van der Waals surface area contributed by atoms with Gasteiger partial charge in [-0.1, -0.05) is 6.07 Å². The molecule has 106 valence electrons. The van der Waals surface area contributed by atoms with Gasteiger partial charge in [-0.05, 0) is 49.7 Å². The van der Waals surface area contributed by atoms with E-state index in [0.29, 0.717) is 5.56 Å². The van der Waals surface area contributed by atoms with Crippen LogP contribution in [0, 0.1) is 0 Å². The molecule has 0 saturated heterocycles. The van der Waals surface area contributed by atoms with Crippen molar-refractivity contribution in [3.63, 3.8) is 0 Å². The highest BCUT2D eigenvalue weighted by atomic mass is 35.5. The van der Waals surface area contributed by atoms with Crippen molar-refractivity contribution in [1.29, 1.82) is 0 Å². The van der Waals surface area contributed by atoms with E-state index in [1.54, 1.807) is 17.7 Å². The number of hydrogen-bond donors (Lipinski definition) is 0. The molecule has 0 saturated carbocycles. The molecular weight excluding hydrogens is 274 g/mol. The van der Waals surface area contributed by atoms with Gasteiger partial charge in [0.05, 0.1) is 17.7 Å². The second-order valence-electron chi connectivity index (χ2n) is 4.93. The van der Waals surface area contributed by atoms with Gasteiger partial charge in [0.25, 0.3) is 5.56 Å². The van der Waals surface area contributed by atoms with Crippen LogP contribution in [0.3, 0.4) is 0 Å². The van der Waals surface area contributed by atoms with Crippen molar-refractivity contribution in [2.24, 2.45) is 7.05 Å². The van der Waals surface area contributed by atoms with Gasteiger partial charge in [-0.3, -0.25) is 4.79 Å². The van der Waals surface area contributed by atoms with Crippen LogP contribution < -0.4 is 10.3 Å². The summed E-state index contributed by atoms with van der Waals surface area (Å²) in [7, 11) is 1.76. The number of halogens is 1. The van der Waals surface area contributed by atoms with Crippen LogP contribution >= 0.6 is 11.6 Å². The standard InChI is InChI=1S/C16H18ClNO2/c1-11(2)20-14-7-4-12(5-8-14)15-9-6-13(10-17)16(19)18(15)3/h4-9,11H,10H2,1-3H3. The Hall–Kier alpha value is -1.74. The summed E-state index contributed by atoms with van der Waals surface area (Å²) in [6, 6.07) is 11.4. The summed E-state index contributed by atoms with van der Waals surface area (Å²) in [4.78, 5) is 12.1. The SMILES string of the molecule is CC(C)Oc1ccc(-c2ccc(CCl)c(=O)n2C)cc1. The average molecular weight is 292 g/mol. The Labute approximate surface area is 123 Å². The van der Waals surface area contributed by atoms with Crippen LogP contribution in [-0.2, 0) is 12.9 Å². The van der Waals surface area contributed by atoms with E-state index in [9.17, 15) is 4.79 Å². The van der Waals surface area contributed by atoms with Crippen molar-refractivity contribution < 1.29 is 4.74 Å².